The van der Waals surface area contributed by atoms with E-state index in [1.54, 1.807) is 18.2 Å². The van der Waals surface area contributed by atoms with Gasteiger partial charge in [0, 0.05) is 35.9 Å². The van der Waals surface area contributed by atoms with E-state index in [1.165, 1.54) is 0 Å². The van der Waals surface area contributed by atoms with Crippen LogP contribution in [-0.2, 0) is 6.54 Å². The van der Waals surface area contributed by atoms with Crippen LogP contribution in [0.15, 0.2) is 52.1 Å². The molecule has 4 rings (SSSR count). The molecule has 1 heterocycles. The van der Waals surface area contributed by atoms with E-state index in [0.29, 0.717) is 34.2 Å². The van der Waals surface area contributed by atoms with Crippen LogP contribution in [0, 0.1) is 6.92 Å². The highest BCUT2D eigenvalue weighted by molar-refractivity contribution is 6.31. The van der Waals surface area contributed by atoms with Gasteiger partial charge in [-0.25, -0.2) is 0 Å². The Morgan fingerprint density at radius 1 is 1.00 bits per heavy atom. The van der Waals surface area contributed by atoms with Crippen LogP contribution in [0.25, 0.3) is 0 Å². The van der Waals surface area contributed by atoms with Crippen molar-refractivity contribution in [2.45, 2.75) is 32.7 Å². The minimum absolute atomic E-state index is 0.228. The Bertz CT molecular complexity index is 1170. The molecule has 2 N–H and O–H groups in total. The summed E-state index contributed by atoms with van der Waals surface area (Å²) >= 11 is 6.11. The molecule has 6 nitrogen and oxygen atoms in total. The molecule has 1 saturated heterocycles. The smallest absolute Gasteiger partial charge is 0.255 e. The minimum atomic E-state index is -0.451. The monoisotopic (exact) mass is 437 g/mol. The van der Waals surface area contributed by atoms with Crippen LogP contribution >= 0.6 is 11.6 Å². The lowest BCUT2D eigenvalue weighted by Crippen LogP contribution is -2.44. The van der Waals surface area contributed by atoms with Gasteiger partial charge in [0.25, 0.3) is 16.8 Å². The van der Waals surface area contributed by atoms with Gasteiger partial charge in [0.05, 0.1) is 0 Å². The van der Waals surface area contributed by atoms with E-state index in [9.17, 15) is 14.4 Å². The maximum Gasteiger partial charge on any atom is 0.255 e. The van der Waals surface area contributed by atoms with Gasteiger partial charge in [0.2, 0.25) is 0 Å². The van der Waals surface area contributed by atoms with E-state index >= 15 is 0 Å². The van der Waals surface area contributed by atoms with E-state index in [2.05, 4.69) is 10.6 Å². The van der Waals surface area contributed by atoms with Gasteiger partial charge < -0.3 is 15.5 Å². The molecule has 1 fully saturated rings. The summed E-state index contributed by atoms with van der Waals surface area (Å²) in [7, 11) is 0. The van der Waals surface area contributed by atoms with E-state index in [4.69, 9.17) is 11.6 Å². The number of carbonyl (C=O) groups excluding carboxylic acids is 1. The molecule has 1 aliphatic heterocycles. The van der Waals surface area contributed by atoms with Crippen molar-refractivity contribution in [3.63, 3.8) is 0 Å². The molecule has 0 aliphatic carbocycles. The molecule has 0 aromatic heterocycles. The highest BCUT2D eigenvalue weighted by Gasteiger charge is 2.26. The van der Waals surface area contributed by atoms with Crippen molar-refractivity contribution < 1.29 is 4.79 Å². The fourth-order valence-electron chi connectivity index (χ4n) is 3.80. The quantitative estimate of drug-likeness (QED) is 0.567. The first-order chi connectivity index (χ1) is 14.9. The number of rotatable bonds is 6. The van der Waals surface area contributed by atoms with Gasteiger partial charge in [0.1, 0.15) is 11.4 Å². The number of aryl methyl sites for hydroxylation is 1. The molecule has 0 radical (unpaired) electrons. The number of amides is 1. The summed E-state index contributed by atoms with van der Waals surface area (Å²) in [5.74, 6) is -0.228. The number of nitrogens with one attached hydrogen (secondary N) is 2. The topological polar surface area (TPSA) is 78.5 Å². The van der Waals surface area contributed by atoms with Crippen LogP contribution in [0.2, 0.25) is 5.02 Å². The zero-order valence-corrected chi connectivity index (χ0v) is 18.1. The van der Waals surface area contributed by atoms with Crippen LogP contribution in [0.4, 0.5) is 17.1 Å². The minimum Gasteiger partial charge on any atom is -0.376 e. The summed E-state index contributed by atoms with van der Waals surface area (Å²) < 4.78 is 0. The number of benzene rings is 2. The lowest BCUT2D eigenvalue weighted by molar-refractivity contribution is 0.102. The summed E-state index contributed by atoms with van der Waals surface area (Å²) in [5.41, 5.74) is 3.10. The van der Waals surface area contributed by atoms with E-state index in [0.717, 1.165) is 43.5 Å². The van der Waals surface area contributed by atoms with Gasteiger partial charge in [-0.15, -0.1) is 0 Å². The molecular formula is C24H24ClN3O3. The first kappa shape index (κ1) is 21.1. The average molecular weight is 438 g/mol. The number of anilines is 3. The van der Waals surface area contributed by atoms with Crippen LogP contribution in [0.1, 0.15) is 40.7 Å². The molecule has 31 heavy (non-hydrogen) atoms. The van der Waals surface area contributed by atoms with E-state index < -0.39 is 10.9 Å². The fourth-order valence-corrected chi connectivity index (χ4v) is 3.98. The number of carbonyl (C=O) groups is 1. The zero-order chi connectivity index (χ0) is 22.0. The van der Waals surface area contributed by atoms with Crippen LogP contribution in [0.3, 0.4) is 0 Å². The van der Waals surface area contributed by atoms with Crippen molar-refractivity contribution in [1.82, 2.24) is 0 Å². The molecule has 7 heteroatoms. The third-order valence-electron chi connectivity index (χ3n) is 5.67. The van der Waals surface area contributed by atoms with Crippen molar-refractivity contribution >= 4 is 34.6 Å². The van der Waals surface area contributed by atoms with Crippen LogP contribution in [-0.4, -0.2) is 19.0 Å². The second kappa shape index (κ2) is 8.94. The van der Waals surface area contributed by atoms with Crippen molar-refractivity contribution in [1.29, 1.82) is 0 Å². The van der Waals surface area contributed by atoms with Gasteiger partial charge in [-0.05, 0) is 61.6 Å². The first-order valence-corrected chi connectivity index (χ1v) is 10.8. The van der Waals surface area contributed by atoms with Gasteiger partial charge >= 0.3 is 0 Å². The third-order valence-corrected chi connectivity index (χ3v) is 6.08. The first-order valence-electron chi connectivity index (χ1n) is 10.4. The maximum absolute atomic E-state index is 12.5. The van der Waals surface area contributed by atoms with Crippen LogP contribution in [0.5, 0.6) is 0 Å². The van der Waals surface area contributed by atoms with Crippen molar-refractivity contribution in [2.75, 3.05) is 28.6 Å². The second-order valence-corrected chi connectivity index (χ2v) is 8.31. The fraction of sp³-hybridized carbons (Fsp3) is 0.292. The van der Waals surface area contributed by atoms with Crippen molar-refractivity contribution in [3.8, 4) is 0 Å². The largest absolute Gasteiger partial charge is 0.376 e. The Balaban J connectivity index is 1.39. The standard InChI is InChI=1S/C24H24ClN3O3/c1-15-5-10-18(13-19(15)25)27-24(31)17-8-6-16(7-9-17)14-26-20-21(23(30)22(20)29)28-11-3-2-4-12-28/h5-10,13,26H,2-4,11-12,14H2,1H3,(H,27,31). The molecule has 1 amide bonds. The Morgan fingerprint density at radius 3 is 2.39 bits per heavy atom. The Hall–Kier alpha value is -3.12. The average Bonchev–Trinajstić information content (AvgIpc) is 2.79. The highest BCUT2D eigenvalue weighted by Crippen LogP contribution is 2.24. The molecule has 0 saturated carbocycles. The van der Waals surface area contributed by atoms with Crippen molar-refractivity contribution in [2.24, 2.45) is 0 Å². The zero-order valence-electron chi connectivity index (χ0n) is 17.3. The summed E-state index contributed by atoms with van der Waals surface area (Å²) in [6, 6.07) is 12.5. The number of hydrogen-bond donors (Lipinski definition) is 2. The number of piperidine rings is 1. The molecule has 3 aromatic rings. The van der Waals surface area contributed by atoms with Crippen LogP contribution < -0.4 is 26.4 Å². The predicted octanol–water partition coefficient (Wildman–Crippen LogP) is 4.10. The molecule has 160 valence electrons. The predicted molar refractivity (Wildman–Crippen MR) is 125 cm³/mol. The molecule has 0 atom stereocenters. The molecule has 0 spiro atoms. The van der Waals surface area contributed by atoms with Crippen molar-refractivity contribution in [3.05, 3.63) is 84.6 Å². The van der Waals surface area contributed by atoms with E-state index in [1.807, 2.05) is 36.1 Å². The lowest BCUT2D eigenvalue weighted by atomic mass is 10.1. The summed E-state index contributed by atoms with van der Waals surface area (Å²) in [5, 5.41) is 6.55. The molecular weight excluding hydrogens is 414 g/mol. The SMILES string of the molecule is Cc1ccc(NC(=O)c2ccc(CNc3c(N4CCCCC4)c(=O)c3=O)cc2)cc1Cl. The van der Waals surface area contributed by atoms with Gasteiger partial charge in [-0.2, -0.15) is 0 Å². The molecule has 0 unspecified atom stereocenters. The van der Waals surface area contributed by atoms with E-state index in [-0.39, 0.29) is 5.91 Å². The summed E-state index contributed by atoms with van der Waals surface area (Å²) in [6.45, 7) is 3.94. The number of hydrogen-bond acceptors (Lipinski definition) is 5. The van der Waals surface area contributed by atoms with Gasteiger partial charge in [-0.3, -0.25) is 14.4 Å². The Kier molecular flexibility index (Phi) is 6.09. The maximum atomic E-state index is 12.5. The highest BCUT2D eigenvalue weighted by atomic mass is 35.5. The molecule has 1 aliphatic rings. The second-order valence-electron chi connectivity index (χ2n) is 7.90. The normalized spacial score (nSPS) is 13.9. The van der Waals surface area contributed by atoms with Gasteiger partial charge in [-0.1, -0.05) is 29.8 Å². The Morgan fingerprint density at radius 2 is 1.71 bits per heavy atom. The number of nitrogens with zero attached hydrogens (tertiary/aromatic N) is 1. The van der Waals surface area contributed by atoms with Gasteiger partial charge in [0.15, 0.2) is 0 Å². The lowest BCUT2D eigenvalue weighted by Gasteiger charge is -2.30. The molecule has 0 bridgehead atoms. The number of halogens is 1. The third kappa shape index (κ3) is 4.49. The summed E-state index contributed by atoms with van der Waals surface area (Å²) in [4.78, 5) is 38.6. The summed E-state index contributed by atoms with van der Waals surface area (Å²) in [6.07, 6.45) is 3.23. The Labute approximate surface area is 185 Å². The molecule has 3 aromatic carbocycles.